The fraction of sp³-hybridized carbons (Fsp3) is 0.389. The van der Waals surface area contributed by atoms with Crippen molar-refractivity contribution in [1.29, 1.82) is 0 Å². The van der Waals surface area contributed by atoms with E-state index in [1.54, 1.807) is 0 Å². The Kier molecular flexibility index (Phi) is 3.81. The van der Waals surface area contributed by atoms with Crippen molar-refractivity contribution in [1.82, 2.24) is 29.2 Å². The summed E-state index contributed by atoms with van der Waals surface area (Å²) < 4.78 is 9.51. The van der Waals surface area contributed by atoms with Crippen molar-refractivity contribution in [2.24, 2.45) is 0 Å². The number of ether oxygens (including phenoxy) is 1. The van der Waals surface area contributed by atoms with Crippen molar-refractivity contribution in [3.05, 3.63) is 46.8 Å². The molecule has 0 bridgehead atoms. The van der Waals surface area contributed by atoms with Gasteiger partial charge in [-0.25, -0.2) is 14.6 Å². The number of aryl methyl sites for hydroxylation is 1. The van der Waals surface area contributed by atoms with Gasteiger partial charge in [0.1, 0.15) is 0 Å². The van der Waals surface area contributed by atoms with E-state index in [0.29, 0.717) is 11.6 Å². The summed E-state index contributed by atoms with van der Waals surface area (Å²) in [5.74, 6) is 1.69. The van der Waals surface area contributed by atoms with Crippen LogP contribution < -0.4 is 0 Å². The van der Waals surface area contributed by atoms with Gasteiger partial charge in [0.2, 0.25) is 0 Å². The predicted molar refractivity (Wildman–Crippen MR) is 97.5 cm³/mol. The Morgan fingerprint density at radius 1 is 1.23 bits per heavy atom. The number of fused-ring (bicyclic) bond motifs is 5. The summed E-state index contributed by atoms with van der Waals surface area (Å²) in [5, 5.41) is 5.48. The molecule has 8 heteroatoms. The molecule has 0 unspecified atom stereocenters. The van der Waals surface area contributed by atoms with Crippen LogP contribution in [0, 0.1) is 6.92 Å². The zero-order valence-electron chi connectivity index (χ0n) is 14.5. The third kappa shape index (κ3) is 2.63. The molecule has 0 saturated carbocycles. The molecule has 0 aliphatic carbocycles. The van der Waals surface area contributed by atoms with Crippen LogP contribution in [0.15, 0.2) is 24.5 Å². The van der Waals surface area contributed by atoms with Gasteiger partial charge in [0.25, 0.3) is 0 Å². The van der Waals surface area contributed by atoms with E-state index in [9.17, 15) is 0 Å². The van der Waals surface area contributed by atoms with Crippen LogP contribution in [-0.2, 0) is 17.8 Å². The van der Waals surface area contributed by atoms with Crippen LogP contribution in [0.25, 0.3) is 17.1 Å². The van der Waals surface area contributed by atoms with Crippen molar-refractivity contribution in [2.45, 2.75) is 20.0 Å². The van der Waals surface area contributed by atoms with Gasteiger partial charge in [-0.05, 0) is 25.1 Å². The average molecular weight is 371 g/mol. The molecule has 2 aliphatic heterocycles. The summed E-state index contributed by atoms with van der Waals surface area (Å²) in [5.41, 5.74) is 4.14. The zero-order chi connectivity index (χ0) is 17.7. The third-order valence-corrected chi connectivity index (χ3v) is 5.25. The molecule has 134 valence electrons. The monoisotopic (exact) mass is 370 g/mol. The molecule has 5 rings (SSSR count). The molecular weight excluding hydrogens is 352 g/mol. The van der Waals surface area contributed by atoms with Crippen LogP contribution in [0.3, 0.4) is 0 Å². The van der Waals surface area contributed by atoms with Crippen LogP contribution in [0.4, 0.5) is 0 Å². The van der Waals surface area contributed by atoms with E-state index >= 15 is 0 Å². The van der Waals surface area contributed by atoms with E-state index in [1.165, 1.54) is 0 Å². The van der Waals surface area contributed by atoms with Crippen LogP contribution in [0.1, 0.15) is 17.2 Å². The fourth-order valence-corrected chi connectivity index (χ4v) is 3.80. The first-order chi connectivity index (χ1) is 12.7. The van der Waals surface area contributed by atoms with E-state index in [4.69, 9.17) is 26.4 Å². The number of hydrogen-bond donors (Lipinski definition) is 0. The Morgan fingerprint density at radius 2 is 2.08 bits per heavy atom. The molecule has 3 aromatic rings. The molecule has 0 amide bonds. The Balaban J connectivity index is 1.60. The third-order valence-electron chi connectivity index (χ3n) is 5.02. The Bertz CT molecular complexity index is 972. The Morgan fingerprint density at radius 3 is 2.92 bits per heavy atom. The van der Waals surface area contributed by atoms with Crippen LogP contribution in [0.2, 0.25) is 5.02 Å². The van der Waals surface area contributed by atoms with Crippen LogP contribution >= 0.6 is 11.6 Å². The number of aromatic nitrogens is 5. The zero-order valence-corrected chi connectivity index (χ0v) is 15.3. The first kappa shape index (κ1) is 16.0. The van der Waals surface area contributed by atoms with E-state index in [1.807, 2.05) is 36.1 Å². The molecule has 4 heterocycles. The lowest BCUT2D eigenvalue weighted by atomic mass is 10.1. The SMILES string of the molecule is Cc1ncn2c1Cn1nc(CN3CCOCC3)nc1-c1cc(Cl)ccc1-2. The van der Waals surface area contributed by atoms with E-state index in [2.05, 4.69) is 14.5 Å². The lowest BCUT2D eigenvalue weighted by molar-refractivity contribution is 0.0330. The topological polar surface area (TPSA) is 61.0 Å². The highest BCUT2D eigenvalue weighted by atomic mass is 35.5. The Hall–Kier alpha value is -2.22. The summed E-state index contributed by atoms with van der Waals surface area (Å²) in [6.45, 7) is 6.77. The molecule has 1 aromatic carbocycles. The summed E-state index contributed by atoms with van der Waals surface area (Å²) in [4.78, 5) is 11.7. The summed E-state index contributed by atoms with van der Waals surface area (Å²) in [6.07, 6.45) is 1.86. The van der Waals surface area contributed by atoms with E-state index in [0.717, 1.165) is 67.1 Å². The smallest absolute Gasteiger partial charge is 0.165 e. The second kappa shape index (κ2) is 6.19. The molecule has 2 aliphatic rings. The number of nitrogens with zero attached hydrogens (tertiary/aromatic N) is 6. The molecule has 0 radical (unpaired) electrons. The highest BCUT2D eigenvalue weighted by molar-refractivity contribution is 6.31. The van der Waals surface area contributed by atoms with Gasteiger partial charge in [0, 0.05) is 23.7 Å². The van der Waals surface area contributed by atoms with Gasteiger partial charge in [-0.1, -0.05) is 11.6 Å². The van der Waals surface area contributed by atoms with Crippen molar-refractivity contribution in [3.63, 3.8) is 0 Å². The minimum Gasteiger partial charge on any atom is -0.379 e. The summed E-state index contributed by atoms with van der Waals surface area (Å²) >= 11 is 6.29. The van der Waals surface area contributed by atoms with Crippen molar-refractivity contribution in [3.8, 4) is 17.1 Å². The summed E-state index contributed by atoms with van der Waals surface area (Å²) in [6, 6.07) is 5.88. The fourth-order valence-electron chi connectivity index (χ4n) is 3.63. The second-order valence-corrected chi connectivity index (χ2v) is 7.14. The highest BCUT2D eigenvalue weighted by Crippen LogP contribution is 2.33. The Labute approximate surface area is 156 Å². The minimum absolute atomic E-state index is 0.642. The minimum atomic E-state index is 0.642. The first-order valence-corrected chi connectivity index (χ1v) is 9.14. The van der Waals surface area contributed by atoms with Gasteiger partial charge in [0.05, 0.1) is 49.7 Å². The highest BCUT2D eigenvalue weighted by Gasteiger charge is 2.25. The average Bonchev–Trinajstić information content (AvgIpc) is 3.17. The van der Waals surface area contributed by atoms with Gasteiger partial charge in [-0.3, -0.25) is 4.90 Å². The lowest BCUT2D eigenvalue weighted by Gasteiger charge is -2.25. The molecule has 2 aromatic heterocycles. The maximum Gasteiger partial charge on any atom is 0.165 e. The molecule has 7 nitrogen and oxygen atoms in total. The molecule has 1 saturated heterocycles. The van der Waals surface area contributed by atoms with Gasteiger partial charge in [-0.15, -0.1) is 0 Å². The second-order valence-electron chi connectivity index (χ2n) is 6.71. The van der Waals surface area contributed by atoms with Crippen LogP contribution in [-0.4, -0.2) is 55.5 Å². The number of benzene rings is 1. The lowest BCUT2D eigenvalue weighted by Crippen LogP contribution is -2.36. The molecule has 1 fully saturated rings. The molecule has 0 atom stereocenters. The standard InChI is InChI=1S/C18H19ClN6O/c1-12-16-9-25-18(21-17(22-25)10-23-4-6-26-7-5-23)14-8-13(19)2-3-15(14)24(16)11-20-12/h2-3,8,11H,4-7,9-10H2,1H3. The number of hydrogen-bond acceptors (Lipinski definition) is 5. The maximum absolute atomic E-state index is 6.29. The van der Waals surface area contributed by atoms with E-state index in [-0.39, 0.29) is 0 Å². The number of rotatable bonds is 2. The normalized spacial score (nSPS) is 16.7. The number of imidazole rings is 1. The molecular formula is C18H19ClN6O. The van der Waals surface area contributed by atoms with Gasteiger partial charge < -0.3 is 9.30 Å². The number of halogens is 1. The van der Waals surface area contributed by atoms with Crippen molar-refractivity contribution in [2.75, 3.05) is 26.3 Å². The molecule has 0 spiro atoms. The maximum atomic E-state index is 6.29. The van der Waals surface area contributed by atoms with Gasteiger partial charge in [0.15, 0.2) is 11.6 Å². The van der Waals surface area contributed by atoms with Crippen molar-refractivity contribution < 1.29 is 4.74 Å². The molecule has 0 N–H and O–H groups in total. The van der Waals surface area contributed by atoms with Gasteiger partial charge in [-0.2, -0.15) is 5.10 Å². The van der Waals surface area contributed by atoms with Crippen molar-refractivity contribution >= 4 is 11.6 Å². The van der Waals surface area contributed by atoms with Gasteiger partial charge >= 0.3 is 0 Å². The quantitative estimate of drug-likeness (QED) is 0.541. The first-order valence-electron chi connectivity index (χ1n) is 8.76. The van der Waals surface area contributed by atoms with Crippen LogP contribution in [0.5, 0.6) is 0 Å². The van der Waals surface area contributed by atoms with E-state index < -0.39 is 0 Å². The predicted octanol–water partition coefficient (Wildman–Crippen LogP) is 2.29. The largest absolute Gasteiger partial charge is 0.379 e. The molecule has 26 heavy (non-hydrogen) atoms. The number of morpholine rings is 1. The summed E-state index contributed by atoms with van der Waals surface area (Å²) in [7, 11) is 0.